The molecule has 0 aliphatic carbocycles. The summed E-state index contributed by atoms with van der Waals surface area (Å²) >= 11 is 3.54. The van der Waals surface area contributed by atoms with Crippen LogP contribution in [0.15, 0.2) is 77.4 Å². The van der Waals surface area contributed by atoms with E-state index in [1.807, 2.05) is 6.07 Å². The second-order valence-electron chi connectivity index (χ2n) is 4.92. The quantitative estimate of drug-likeness (QED) is 0.433. The fourth-order valence-corrected chi connectivity index (χ4v) is 3.06. The van der Waals surface area contributed by atoms with Gasteiger partial charge < -0.3 is 4.57 Å². The highest BCUT2D eigenvalue weighted by Gasteiger charge is 2.05. The van der Waals surface area contributed by atoms with Crippen molar-refractivity contribution in [1.82, 2.24) is 4.57 Å². The molecule has 1 nitrogen and oxygen atoms in total. The lowest BCUT2D eigenvalue weighted by molar-refractivity contribution is 1.13. The van der Waals surface area contributed by atoms with E-state index in [1.165, 1.54) is 27.4 Å². The number of hydrogen-bond donors (Lipinski definition) is 0. The predicted octanol–water partition coefficient (Wildman–Crippen LogP) is 5.55. The van der Waals surface area contributed by atoms with Gasteiger partial charge in [-0.15, -0.1) is 0 Å². The Balaban J connectivity index is 2.03. The summed E-state index contributed by atoms with van der Waals surface area (Å²) in [6.45, 7) is 0. The molecule has 20 heavy (non-hydrogen) atoms. The van der Waals surface area contributed by atoms with Gasteiger partial charge >= 0.3 is 0 Å². The van der Waals surface area contributed by atoms with Gasteiger partial charge in [0, 0.05) is 21.7 Å². The number of nitrogens with zero attached hydrogens (tertiary/aromatic N) is 1. The summed E-state index contributed by atoms with van der Waals surface area (Å²) in [6, 6.07) is 23.5. The van der Waals surface area contributed by atoms with Crippen LogP contribution in [-0.2, 0) is 0 Å². The lowest BCUT2D eigenvalue weighted by Crippen LogP contribution is -1.91. The van der Waals surface area contributed by atoms with Gasteiger partial charge in [-0.25, -0.2) is 0 Å². The van der Waals surface area contributed by atoms with E-state index < -0.39 is 0 Å². The van der Waals surface area contributed by atoms with Crippen molar-refractivity contribution in [1.29, 1.82) is 0 Å². The summed E-state index contributed by atoms with van der Waals surface area (Å²) in [7, 11) is 0. The molecule has 4 rings (SSSR count). The van der Waals surface area contributed by atoms with E-state index in [-0.39, 0.29) is 0 Å². The van der Waals surface area contributed by atoms with Crippen molar-refractivity contribution in [2.45, 2.75) is 0 Å². The summed E-state index contributed by atoms with van der Waals surface area (Å²) in [5, 5.41) is 3.82. The standard InChI is InChI=1S/C18H12BrN/c19-16-6-3-7-17(12-16)20-9-8-15-10-13-4-1-2-5-14(13)11-18(15)20/h1-12H. The molecule has 3 aromatic carbocycles. The molecule has 0 saturated carbocycles. The maximum Gasteiger partial charge on any atom is 0.0534 e. The Morgan fingerprint density at radius 1 is 0.700 bits per heavy atom. The molecule has 0 bridgehead atoms. The first-order chi connectivity index (χ1) is 9.81. The zero-order valence-corrected chi connectivity index (χ0v) is 12.3. The first kappa shape index (κ1) is 11.7. The van der Waals surface area contributed by atoms with Crippen LogP contribution >= 0.6 is 15.9 Å². The summed E-state index contributed by atoms with van der Waals surface area (Å²) in [5.41, 5.74) is 2.41. The largest absolute Gasteiger partial charge is 0.317 e. The van der Waals surface area contributed by atoms with E-state index in [9.17, 15) is 0 Å². The van der Waals surface area contributed by atoms with Crippen molar-refractivity contribution in [2.24, 2.45) is 0 Å². The minimum absolute atomic E-state index is 1.10. The lowest BCUT2D eigenvalue weighted by Gasteiger charge is -2.07. The molecule has 96 valence electrons. The number of hydrogen-bond acceptors (Lipinski definition) is 0. The summed E-state index contributed by atoms with van der Waals surface area (Å²) in [6.07, 6.45) is 2.13. The Morgan fingerprint density at radius 2 is 1.50 bits per heavy atom. The summed E-state index contributed by atoms with van der Waals surface area (Å²) < 4.78 is 3.32. The molecule has 0 unspecified atom stereocenters. The molecule has 0 saturated heterocycles. The minimum atomic E-state index is 1.10. The molecule has 4 aromatic rings. The Labute approximate surface area is 125 Å². The van der Waals surface area contributed by atoms with E-state index in [4.69, 9.17) is 0 Å². The number of halogens is 1. The van der Waals surface area contributed by atoms with Crippen LogP contribution in [-0.4, -0.2) is 4.57 Å². The molecule has 1 aromatic heterocycles. The van der Waals surface area contributed by atoms with Gasteiger partial charge in [0.25, 0.3) is 0 Å². The normalized spacial score (nSPS) is 11.2. The lowest BCUT2D eigenvalue weighted by atomic mass is 10.1. The molecule has 0 fully saturated rings. The van der Waals surface area contributed by atoms with Crippen molar-refractivity contribution < 1.29 is 0 Å². The first-order valence-electron chi connectivity index (χ1n) is 6.57. The van der Waals surface area contributed by atoms with Gasteiger partial charge in [-0.3, -0.25) is 0 Å². The third-order valence-corrected chi connectivity index (χ3v) is 4.14. The van der Waals surface area contributed by atoms with Gasteiger partial charge in [0.05, 0.1) is 5.52 Å². The van der Waals surface area contributed by atoms with Crippen LogP contribution in [0.25, 0.3) is 27.4 Å². The minimum Gasteiger partial charge on any atom is -0.317 e. The number of rotatable bonds is 1. The van der Waals surface area contributed by atoms with Crippen LogP contribution in [0.2, 0.25) is 0 Å². The van der Waals surface area contributed by atoms with Crippen LogP contribution in [0, 0.1) is 0 Å². The van der Waals surface area contributed by atoms with E-state index in [0.29, 0.717) is 0 Å². The van der Waals surface area contributed by atoms with Crippen LogP contribution in [0.4, 0.5) is 0 Å². The second-order valence-corrected chi connectivity index (χ2v) is 5.84. The van der Waals surface area contributed by atoms with Gasteiger partial charge in [-0.2, -0.15) is 0 Å². The highest BCUT2D eigenvalue weighted by atomic mass is 79.9. The van der Waals surface area contributed by atoms with Gasteiger partial charge in [-0.1, -0.05) is 46.3 Å². The van der Waals surface area contributed by atoms with Gasteiger partial charge in [-0.05, 0) is 47.2 Å². The Morgan fingerprint density at radius 3 is 2.30 bits per heavy atom. The molecule has 0 aliphatic rings. The van der Waals surface area contributed by atoms with Crippen LogP contribution < -0.4 is 0 Å². The van der Waals surface area contributed by atoms with Crippen molar-refractivity contribution >= 4 is 37.6 Å². The number of aromatic nitrogens is 1. The highest BCUT2D eigenvalue weighted by Crippen LogP contribution is 2.27. The predicted molar refractivity (Wildman–Crippen MR) is 88.5 cm³/mol. The van der Waals surface area contributed by atoms with E-state index in [0.717, 1.165) is 4.47 Å². The van der Waals surface area contributed by atoms with Gasteiger partial charge in [0.2, 0.25) is 0 Å². The van der Waals surface area contributed by atoms with E-state index in [1.54, 1.807) is 0 Å². The molecular formula is C18H12BrN. The van der Waals surface area contributed by atoms with Crippen molar-refractivity contribution in [3.05, 3.63) is 77.4 Å². The molecule has 0 atom stereocenters. The SMILES string of the molecule is Brc1cccc(-n2ccc3cc4ccccc4cc32)c1. The summed E-state index contributed by atoms with van der Waals surface area (Å²) in [4.78, 5) is 0. The zero-order chi connectivity index (χ0) is 13.5. The van der Waals surface area contributed by atoms with E-state index >= 15 is 0 Å². The average molecular weight is 322 g/mol. The Bertz CT molecular complexity index is 921. The topological polar surface area (TPSA) is 4.93 Å². The molecule has 0 aliphatic heterocycles. The maximum atomic E-state index is 3.54. The van der Waals surface area contributed by atoms with Crippen LogP contribution in [0.3, 0.4) is 0 Å². The molecule has 0 spiro atoms. The fraction of sp³-hybridized carbons (Fsp3) is 0. The zero-order valence-electron chi connectivity index (χ0n) is 10.8. The van der Waals surface area contributed by atoms with Crippen molar-refractivity contribution in [3.63, 3.8) is 0 Å². The van der Waals surface area contributed by atoms with Crippen molar-refractivity contribution in [3.8, 4) is 5.69 Å². The fourth-order valence-electron chi connectivity index (χ4n) is 2.67. The molecule has 0 amide bonds. The van der Waals surface area contributed by atoms with E-state index in [2.05, 4.69) is 87.4 Å². The monoisotopic (exact) mass is 321 g/mol. The Kier molecular flexibility index (Phi) is 2.64. The molecule has 2 heteroatoms. The number of benzene rings is 3. The molecular weight excluding hydrogens is 310 g/mol. The first-order valence-corrected chi connectivity index (χ1v) is 7.36. The maximum absolute atomic E-state index is 3.54. The smallest absolute Gasteiger partial charge is 0.0534 e. The van der Waals surface area contributed by atoms with Gasteiger partial charge in [0.1, 0.15) is 0 Å². The van der Waals surface area contributed by atoms with Crippen LogP contribution in [0.5, 0.6) is 0 Å². The number of fused-ring (bicyclic) bond motifs is 2. The molecule has 1 heterocycles. The van der Waals surface area contributed by atoms with Crippen molar-refractivity contribution in [2.75, 3.05) is 0 Å². The van der Waals surface area contributed by atoms with Gasteiger partial charge in [0.15, 0.2) is 0 Å². The third kappa shape index (κ3) is 1.84. The molecule has 0 radical (unpaired) electrons. The van der Waals surface area contributed by atoms with Crippen LogP contribution in [0.1, 0.15) is 0 Å². The second kappa shape index (κ2) is 4.50. The Hall–Kier alpha value is -2.06. The molecule has 0 N–H and O–H groups in total. The highest BCUT2D eigenvalue weighted by molar-refractivity contribution is 9.10. The average Bonchev–Trinajstić information content (AvgIpc) is 2.87. The third-order valence-electron chi connectivity index (χ3n) is 3.64. The summed E-state index contributed by atoms with van der Waals surface area (Å²) in [5.74, 6) is 0.